The molecule has 3 rings (SSSR count). The summed E-state index contributed by atoms with van der Waals surface area (Å²) in [6.07, 6.45) is 0.688. The zero-order valence-electron chi connectivity index (χ0n) is 15.7. The van der Waals surface area contributed by atoms with Crippen molar-refractivity contribution in [2.75, 3.05) is 0 Å². The Balaban J connectivity index is 1.63. The van der Waals surface area contributed by atoms with Crippen molar-refractivity contribution in [1.29, 1.82) is 0 Å². The first kappa shape index (κ1) is 20.4. The monoisotopic (exact) mass is 410 g/mol. The molecule has 0 radical (unpaired) electrons. The van der Waals surface area contributed by atoms with Crippen LogP contribution in [-0.2, 0) is 13.0 Å². The van der Waals surface area contributed by atoms with Crippen molar-refractivity contribution in [2.24, 2.45) is 0 Å². The van der Waals surface area contributed by atoms with Gasteiger partial charge in [0.1, 0.15) is 23.1 Å². The van der Waals surface area contributed by atoms with E-state index in [1.807, 2.05) is 24.3 Å². The van der Waals surface area contributed by atoms with Crippen molar-refractivity contribution in [2.45, 2.75) is 20.0 Å². The van der Waals surface area contributed by atoms with Gasteiger partial charge in [-0.2, -0.15) is 0 Å². The smallest absolute Gasteiger partial charge is 0.335 e. The third-order valence-corrected chi connectivity index (χ3v) is 4.85. The number of aromatic carboxylic acids is 1. The third-order valence-electron chi connectivity index (χ3n) is 4.49. The second kappa shape index (κ2) is 8.80. The van der Waals surface area contributed by atoms with Crippen LogP contribution < -0.4 is 4.74 Å². The summed E-state index contributed by atoms with van der Waals surface area (Å²) >= 11 is 6.09. The van der Waals surface area contributed by atoms with Crippen molar-refractivity contribution in [3.63, 3.8) is 0 Å². The number of benzene rings is 3. The molecule has 5 nitrogen and oxygen atoms in total. The van der Waals surface area contributed by atoms with Gasteiger partial charge in [0, 0.05) is 0 Å². The standard InChI is InChI=1S/C23H19ClO5/c1-14(25)19-10-11-20(21(24)22(19)26)29-13-17-4-2-15(3-5-17)12-16-6-8-18(9-7-16)23(27)28/h2-11,26H,12-13H2,1H3,(H,27,28). The summed E-state index contributed by atoms with van der Waals surface area (Å²) in [6.45, 7) is 1.61. The predicted octanol–water partition coefficient (Wildman–Crippen LogP) is 5.12. The van der Waals surface area contributed by atoms with Crippen LogP contribution in [0.15, 0.2) is 60.7 Å². The average Bonchev–Trinajstić information content (AvgIpc) is 2.70. The van der Waals surface area contributed by atoms with E-state index in [0.29, 0.717) is 12.2 Å². The molecule has 0 atom stereocenters. The van der Waals surface area contributed by atoms with Gasteiger partial charge in [0.15, 0.2) is 5.78 Å². The van der Waals surface area contributed by atoms with Crippen molar-refractivity contribution in [3.8, 4) is 11.5 Å². The van der Waals surface area contributed by atoms with E-state index in [-0.39, 0.29) is 34.3 Å². The van der Waals surface area contributed by atoms with E-state index in [0.717, 1.165) is 16.7 Å². The summed E-state index contributed by atoms with van der Waals surface area (Å²) in [6, 6.07) is 17.7. The number of carboxylic acid groups (broad SMARTS) is 1. The molecule has 0 bridgehead atoms. The number of hydrogen-bond acceptors (Lipinski definition) is 4. The third kappa shape index (κ3) is 4.95. The molecule has 0 heterocycles. The highest BCUT2D eigenvalue weighted by Crippen LogP contribution is 2.36. The van der Waals surface area contributed by atoms with Gasteiger partial charge in [-0.3, -0.25) is 4.79 Å². The average molecular weight is 411 g/mol. The molecule has 2 N–H and O–H groups in total. The van der Waals surface area contributed by atoms with Gasteiger partial charge in [0.25, 0.3) is 0 Å². The maximum Gasteiger partial charge on any atom is 0.335 e. The first-order valence-corrected chi connectivity index (χ1v) is 9.28. The number of carbonyl (C=O) groups is 2. The van der Waals surface area contributed by atoms with Crippen molar-refractivity contribution < 1.29 is 24.5 Å². The number of carboxylic acids is 1. The zero-order chi connectivity index (χ0) is 21.0. The number of aromatic hydroxyl groups is 1. The number of hydrogen-bond donors (Lipinski definition) is 2. The molecule has 0 aliphatic rings. The summed E-state index contributed by atoms with van der Waals surface area (Å²) < 4.78 is 5.67. The van der Waals surface area contributed by atoms with Gasteiger partial charge in [-0.15, -0.1) is 0 Å². The van der Waals surface area contributed by atoms with Crippen molar-refractivity contribution >= 4 is 23.4 Å². The molecule has 3 aromatic carbocycles. The highest BCUT2D eigenvalue weighted by atomic mass is 35.5. The number of rotatable bonds is 7. The molecule has 0 fully saturated rings. The Labute approximate surface area is 173 Å². The summed E-state index contributed by atoms with van der Waals surface area (Å²) in [4.78, 5) is 22.3. The summed E-state index contributed by atoms with van der Waals surface area (Å²) in [5.41, 5.74) is 3.44. The SMILES string of the molecule is CC(=O)c1ccc(OCc2ccc(Cc3ccc(C(=O)O)cc3)cc2)c(Cl)c1O. The lowest BCUT2D eigenvalue weighted by molar-refractivity contribution is 0.0696. The van der Waals surface area contributed by atoms with E-state index in [4.69, 9.17) is 21.4 Å². The van der Waals surface area contributed by atoms with E-state index in [2.05, 4.69) is 0 Å². The largest absolute Gasteiger partial charge is 0.505 e. The van der Waals surface area contributed by atoms with Gasteiger partial charge in [-0.1, -0.05) is 48.0 Å². The van der Waals surface area contributed by atoms with Gasteiger partial charge in [-0.25, -0.2) is 4.79 Å². The number of Topliss-reactive ketones (excluding diaryl/α,β-unsaturated/α-hetero) is 1. The molecule has 0 aliphatic carbocycles. The van der Waals surface area contributed by atoms with E-state index < -0.39 is 5.97 Å². The molecule has 0 saturated carbocycles. The minimum Gasteiger partial charge on any atom is -0.505 e. The van der Waals surface area contributed by atoms with E-state index in [9.17, 15) is 14.7 Å². The Kier molecular flexibility index (Phi) is 6.20. The summed E-state index contributed by atoms with van der Waals surface area (Å²) in [7, 11) is 0. The van der Waals surface area contributed by atoms with Crippen LogP contribution in [0.4, 0.5) is 0 Å². The van der Waals surface area contributed by atoms with Gasteiger partial charge in [0.05, 0.1) is 11.1 Å². The van der Waals surface area contributed by atoms with E-state index >= 15 is 0 Å². The Morgan fingerprint density at radius 2 is 1.45 bits per heavy atom. The lowest BCUT2D eigenvalue weighted by Gasteiger charge is -2.11. The molecule has 29 heavy (non-hydrogen) atoms. The fourth-order valence-electron chi connectivity index (χ4n) is 2.86. The lowest BCUT2D eigenvalue weighted by atomic mass is 10.0. The van der Waals surface area contributed by atoms with E-state index in [1.54, 1.807) is 30.3 Å². The van der Waals surface area contributed by atoms with Gasteiger partial charge in [0.2, 0.25) is 0 Å². The minimum absolute atomic E-state index is 0.0131. The second-order valence-corrected chi connectivity index (χ2v) is 6.99. The van der Waals surface area contributed by atoms with Crippen LogP contribution in [0, 0.1) is 0 Å². The zero-order valence-corrected chi connectivity index (χ0v) is 16.4. The predicted molar refractivity (Wildman–Crippen MR) is 110 cm³/mol. The summed E-state index contributed by atoms with van der Waals surface area (Å²) in [5.74, 6) is -1.19. The van der Waals surface area contributed by atoms with Gasteiger partial charge < -0.3 is 14.9 Å². The number of ether oxygens (including phenoxy) is 1. The van der Waals surface area contributed by atoms with Crippen LogP contribution in [0.25, 0.3) is 0 Å². The first-order valence-electron chi connectivity index (χ1n) is 8.90. The van der Waals surface area contributed by atoms with Crippen LogP contribution in [0.5, 0.6) is 11.5 Å². The lowest BCUT2D eigenvalue weighted by Crippen LogP contribution is -1.99. The van der Waals surface area contributed by atoms with E-state index in [1.165, 1.54) is 13.0 Å². The maximum absolute atomic E-state index is 11.4. The highest BCUT2D eigenvalue weighted by molar-refractivity contribution is 6.34. The quantitative estimate of drug-likeness (QED) is 0.528. The molecule has 0 amide bonds. The molecule has 0 aromatic heterocycles. The topological polar surface area (TPSA) is 83.8 Å². The molecule has 0 spiro atoms. The Morgan fingerprint density at radius 3 is 2.00 bits per heavy atom. The number of phenolic OH excluding ortho intramolecular Hbond substituents is 1. The second-order valence-electron chi connectivity index (χ2n) is 6.61. The molecule has 148 valence electrons. The maximum atomic E-state index is 11.4. The first-order chi connectivity index (χ1) is 13.8. The molecule has 3 aromatic rings. The molecule has 6 heteroatoms. The summed E-state index contributed by atoms with van der Waals surface area (Å²) in [5, 5.41) is 19.0. The van der Waals surface area contributed by atoms with Crippen LogP contribution in [0.3, 0.4) is 0 Å². The number of carbonyl (C=O) groups excluding carboxylic acids is 1. The van der Waals surface area contributed by atoms with Gasteiger partial charge >= 0.3 is 5.97 Å². The fraction of sp³-hybridized carbons (Fsp3) is 0.130. The van der Waals surface area contributed by atoms with Crippen molar-refractivity contribution in [1.82, 2.24) is 0 Å². The molecule has 0 unspecified atom stereocenters. The normalized spacial score (nSPS) is 10.6. The fourth-order valence-corrected chi connectivity index (χ4v) is 3.08. The molecule has 0 saturated heterocycles. The number of ketones is 1. The Morgan fingerprint density at radius 1 is 0.897 bits per heavy atom. The van der Waals surface area contributed by atoms with Crippen molar-refractivity contribution in [3.05, 3.63) is 93.5 Å². The Hall–Kier alpha value is -3.31. The van der Waals surface area contributed by atoms with Crippen LogP contribution >= 0.6 is 11.6 Å². The van der Waals surface area contributed by atoms with Gasteiger partial charge in [-0.05, 0) is 54.3 Å². The van der Waals surface area contributed by atoms with Crippen LogP contribution in [-0.4, -0.2) is 22.0 Å². The van der Waals surface area contributed by atoms with Crippen LogP contribution in [0.1, 0.15) is 44.3 Å². The number of phenols is 1. The molecular formula is C23H19ClO5. The van der Waals surface area contributed by atoms with Crippen LogP contribution in [0.2, 0.25) is 5.02 Å². The minimum atomic E-state index is -0.940. The number of halogens is 1. The molecule has 0 aliphatic heterocycles. The Bertz CT molecular complexity index is 1040. The highest BCUT2D eigenvalue weighted by Gasteiger charge is 2.14. The molecular weight excluding hydrogens is 392 g/mol.